The average Bonchev–Trinajstić information content (AvgIpc) is 2.61. The minimum Gasteiger partial charge on any atom is -0.330 e. The third-order valence-electron chi connectivity index (χ3n) is 2.68. The van der Waals surface area contributed by atoms with Crippen molar-refractivity contribution in [2.24, 2.45) is 12.8 Å². The zero-order valence-corrected chi connectivity index (χ0v) is 12.1. The van der Waals surface area contributed by atoms with Gasteiger partial charge < -0.3 is 5.73 Å². The number of nitrogens with two attached hydrogens (primary N) is 1. The van der Waals surface area contributed by atoms with Gasteiger partial charge in [-0.05, 0) is 40.7 Å². The van der Waals surface area contributed by atoms with Gasteiger partial charge in [-0.3, -0.25) is 4.68 Å². The van der Waals surface area contributed by atoms with Crippen LogP contribution in [0.5, 0.6) is 0 Å². The molecule has 0 unspecified atom stereocenters. The summed E-state index contributed by atoms with van der Waals surface area (Å²) in [7, 11) is 1.85. The van der Waals surface area contributed by atoms with Gasteiger partial charge in [0.05, 0.1) is 15.2 Å². The van der Waals surface area contributed by atoms with Crippen molar-refractivity contribution in [1.29, 1.82) is 0 Å². The van der Waals surface area contributed by atoms with E-state index in [1.54, 1.807) is 16.8 Å². The summed E-state index contributed by atoms with van der Waals surface area (Å²) in [6.45, 7) is 0.543. The molecular weight excluding hydrogens is 321 g/mol. The van der Waals surface area contributed by atoms with Crippen LogP contribution in [0, 0.1) is 5.82 Å². The number of nitrogens with zero attached hydrogens (tertiary/aromatic N) is 2. The van der Waals surface area contributed by atoms with E-state index in [2.05, 4.69) is 21.0 Å². The topological polar surface area (TPSA) is 43.8 Å². The van der Waals surface area contributed by atoms with E-state index < -0.39 is 5.82 Å². The summed E-state index contributed by atoms with van der Waals surface area (Å²) in [5.41, 5.74) is 8.07. The van der Waals surface area contributed by atoms with Crippen LogP contribution < -0.4 is 5.73 Å². The lowest BCUT2D eigenvalue weighted by Gasteiger charge is -2.00. The van der Waals surface area contributed by atoms with Gasteiger partial charge in [-0.15, -0.1) is 0 Å². The number of hydrogen-bond donors (Lipinski definition) is 1. The lowest BCUT2D eigenvalue weighted by Crippen LogP contribution is -2.07. The van der Waals surface area contributed by atoms with Crippen molar-refractivity contribution < 1.29 is 4.39 Å². The molecule has 2 N–H and O–H groups in total. The van der Waals surface area contributed by atoms with Gasteiger partial charge in [-0.1, -0.05) is 11.6 Å². The van der Waals surface area contributed by atoms with Crippen molar-refractivity contribution in [3.8, 4) is 11.3 Å². The molecule has 18 heavy (non-hydrogen) atoms. The van der Waals surface area contributed by atoms with Crippen molar-refractivity contribution in [3.63, 3.8) is 0 Å². The number of hydrogen-bond acceptors (Lipinski definition) is 2. The first kappa shape index (κ1) is 13.5. The van der Waals surface area contributed by atoms with E-state index in [0.29, 0.717) is 6.54 Å². The van der Waals surface area contributed by atoms with Crippen LogP contribution in [0.3, 0.4) is 0 Å². The summed E-state index contributed by atoms with van der Waals surface area (Å²) in [5.74, 6) is -0.436. The minimum atomic E-state index is -0.436. The molecular formula is C12H12BrClFN3. The molecule has 0 fully saturated rings. The van der Waals surface area contributed by atoms with Crippen molar-refractivity contribution in [1.82, 2.24) is 9.78 Å². The average molecular weight is 333 g/mol. The zero-order chi connectivity index (χ0) is 13.3. The molecule has 1 aromatic heterocycles. The largest absolute Gasteiger partial charge is 0.330 e. The second-order valence-corrected chi connectivity index (χ2v) is 5.10. The van der Waals surface area contributed by atoms with E-state index in [4.69, 9.17) is 17.3 Å². The maximum Gasteiger partial charge on any atom is 0.141 e. The van der Waals surface area contributed by atoms with Gasteiger partial charge in [0.15, 0.2) is 0 Å². The molecule has 96 valence electrons. The maximum absolute atomic E-state index is 13.1. The highest BCUT2D eigenvalue weighted by Crippen LogP contribution is 2.32. The predicted molar refractivity (Wildman–Crippen MR) is 74.1 cm³/mol. The summed E-state index contributed by atoms with van der Waals surface area (Å²) in [6.07, 6.45) is 0.721. The highest BCUT2D eigenvalue weighted by Gasteiger charge is 2.15. The van der Waals surface area contributed by atoms with Crippen LogP contribution in [0.4, 0.5) is 4.39 Å². The molecule has 1 heterocycles. The molecule has 0 saturated heterocycles. The fourth-order valence-corrected chi connectivity index (χ4v) is 2.71. The molecule has 3 nitrogen and oxygen atoms in total. The summed E-state index contributed by atoms with van der Waals surface area (Å²) >= 11 is 9.29. The number of benzene rings is 1. The first-order valence-corrected chi connectivity index (χ1v) is 6.58. The molecule has 0 amide bonds. The van der Waals surface area contributed by atoms with Crippen LogP contribution in [0.1, 0.15) is 5.69 Å². The van der Waals surface area contributed by atoms with Crippen LogP contribution in [-0.2, 0) is 13.5 Å². The number of aryl methyl sites for hydroxylation is 1. The first-order valence-electron chi connectivity index (χ1n) is 5.41. The van der Waals surface area contributed by atoms with E-state index >= 15 is 0 Å². The van der Waals surface area contributed by atoms with E-state index in [-0.39, 0.29) is 5.02 Å². The minimum absolute atomic E-state index is 0.0884. The molecule has 1 aromatic carbocycles. The number of aromatic nitrogens is 2. The Morgan fingerprint density at radius 2 is 2.22 bits per heavy atom. The fraction of sp³-hybridized carbons (Fsp3) is 0.250. The van der Waals surface area contributed by atoms with Gasteiger partial charge >= 0.3 is 0 Å². The van der Waals surface area contributed by atoms with Gasteiger partial charge in [0.25, 0.3) is 0 Å². The molecule has 0 saturated carbocycles. The standard InChI is InChI=1S/C12H12BrClFN3/c1-18-10(4-5-16)11(13)12(17-18)7-2-3-9(15)8(14)6-7/h2-3,6H,4-5,16H2,1H3. The van der Waals surface area contributed by atoms with Crippen LogP contribution in [-0.4, -0.2) is 16.3 Å². The Balaban J connectivity index is 2.50. The Kier molecular flexibility index (Phi) is 4.04. The monoisotopic (exact) mass is 331 g/mol. The Morgan fingerprint density at radius 3 is 2.83 bits per heavy atom. The molecule has 2 aromatic rings. The van der Waals surface area contributed by atoms with E-state index in [1.165, 1.54) is 6.07 Å². The van der Waals surface area contributed by atoms with Crippen LogP contribution in [0.15, 0.2) is 22.7 Å². The summed E-state index contributed by atoms with van der Waals surface area (Å²) in [5, 5.41) is 4.49. The molecule has 0 aliphatic heterocycles. The van der Waals surface area contributed by atoms with Gasteiger partial charge in [-0.25, -0.2) is 4.39 Å². The van der Waals surface area contributed by atoms with Crippen molar-refractivity contribution >= 4 is 27.5 Å². The Hall–Kier alpha value is -0.910. The Labute approximate surface area is 118 Å². The fourth-order valence-electron chi connectivity index (χ4n) is 1.77. The van der Waals surface area contributed by atoms with Crippen molar-refractivity contribution in [2.45, 2.75) is 6.42 Å². The predicted octanol–water partition coefficient (Wildman–Crippen LogP) is 3.14. The molecule has 0 bridgehead atoms. The molecule has 2 rings (SSSR count). The van der Waals surface area contributed by atoms with Gasteiger partial charge in [0, 0.05) is 19.0 Å². The van der Waals surface area contributed by atoms with Gasteiger partial charge in [0.2, 0.25) is 0 Å². The van der Waals surface area contributed by atoms with Crippen LogP contribution >= 0.6 is 27.5 Å². The molecule has 0 aliphatic carbocycles. The van der Waals surface area contributed by atoms with Crippen LogP contribution in [0.25, 0.3) is 11.3 Å². The lowest BCUT2D eigenvalue weighted by molar-refractivity contribution is 0.628. The highest BCUT2D eigenvalue weighted by molar-refractivity contribution is 9.10. The molecule has 0 atom stereocenters. The number of halogens is 3. The summed E-state index contributed by atoms with van der Waals surface area (Å²) in [6, 6.07) is 4.55. The van der Waals surface area contributed by atoms with Crippen molar-refractivity contribution in [2.75, 3.05) is 6.54 Å². The van der Waals surface area contributed by atoms with Crippen molar-refractivity contribution in [3.05, 3.63) is 39.2 Å². The highest BCUT2D eigenvalue weighted by atomic mass is 79.9. The third kappa shape index (κ3) is 2.43. The number of rotatable bonds is 3. The Morgan fingerprint density at radius 1 is 1.50 bits per heavy atom. The first-order chi connectivity index (χ1) is 8.54. The quantitative estimate of drug-likeness (QED) is 0.938. The van der Waals surface area contributed by atoms with Gasteiger partial charge in [0.1, 0.15) is 11.5 Å². The SMILES string of the molecule is Cn1nc(-c2ccc(F)c(Cl)c2)c(Br)c1CCN. The Bertz CT molecular complexity index is 583. The van der Waals surface area contributed by atoms with E-state index in [1.807, 2.05) is 7.05 Å². The summed E-state index contributed by atoms with van der Waals surface area (Å²) < 4.78 is 15.8. The normalized spacial score (nSPS) is 10.9. The molecule has 0 radical (unpaired) electrons. The lowest BCUT2D eigenvalue weighted by atomic mass is 10.1. The second-order valence-electron chi connectivity index (χ2n) is 3.90. The smallest absolute Gasteiger partial charge is 0.141 e. The zero-order valence-electron chi connectivity index (χ0n) is 9.75. The third-order valence-corrected chi connectivity index (χ3v) is 3.80. The van der Waals surface area contributed by atoms with E-state index in [9.17, 15) is 4.39 Å². The molecule has 6 heteroatoms. The molecule has 0 spiro atoms. The van der Waals surface area contributed by atoms with E-state index in [0.717, 1.165) is 27.8 Å². The second kappa shape index (κ2) is 5.38. The summed E-state index contributed by atoms with van der Waals surface area (Å²) in [4.78, 5) is 0. The molecule has 0 aliphatic rings. The van der Waals surface area contributed by atoms with Gasteiger partial charge in [-0.2, -0.15) is 5.10 Å². The van der Waals surface area contributed by atoms with Crippen LogP contribution in [0.2, 0.25) is 5.02 Å². The maximum atomic E-state index is 13.1.